The number of aryl methyl sites for hydroxylation is 2. The van der Waals surface area contributed by atoms with E-state index in [2.05, 4.69) is 40.9 Å². The summed E-state index contributed by atoms with van der Waals surface area (Å²) in [6.45, 7) is 6.74. The van der Waals surface area contributed by atoms with Gasteiger partial charge in [-0.25, -0.2) is 0 Å². The van der Waals surface area contributed by atoms with Crippen molar-refractivity contribution in [2.75, 3.05) is 11.9 Å². The van der Waals surface area contributed by atoms with Crippen molar-refractivity contribution in [3.8, 4) is 5.75 Å². The normalized spacial score (nSPS) is 10.4. The summed E-state index contributed by atoms with van der Waals surface area (Å²) in [4.78, 5) is 12.4. The number of hydrogen-bond acceptors (Lipinski definition) is 2. The number of nitrogens with one attached hydrogen (secondary N) is 1. The van der Waals surface area contributed by atoms with Crippen LogP contribution in [0.15, 0.2) is 36.4 Å². The van der Waals surface area contributed by atoms with Gasteiger partial charge in [0.1, 0.15) is 5.75 Å². The zero-order chi connectivity index (χ0) is 16.1. The Morgan fingerprint density at radius 2 is 1.95 bits per heavy atom. The Morgan fingerprint density at radius 1 is 1.18 bits per heavy atom. The van der Waals surface area contributed by atoms with Gasteiger partial charge in [-0.15, -0.1) is 0 Å². The van der Waals surface area contributed by atoms with Gasteiger partial charge in [0.15, 0.2) is 0 Å². The maximum atomic E-state index is 12.4. The molecule has 0 heterocycles. The van der Waals surface area contributed by atoms with Gasteiger partial charge in [0.2, 0.25) is 0 Å². The second-order valence-corrected chi connectivity index (χ2v) is 6.41. The molecule has 4 heteroatoms. The van der Waals surface area contributed by atoms with E-state index in [0.717, 1.165) is 29.0 Å². The van der Waals surface area contributed by atoms with Crippen LogP contribution >= 0.6 is 22.6 Å². The van der Waals surface area contributed by atoms with Gasteiger partial charge < -0.3 is 10.1 Å². The molecule has 0 spiro atoms. The maximum Gasteiger partial charge on any atom is 0.255 e. The van der Waals surface area contributed by atoms with Crippen molar-refractivity contribution in [2.24, 2.45) is 0 Å². The van der Waals surface area contributed by atoms with Gasteiger partial charge >= 0.3 is 0 Å². The molecular formula is C18H20INO2. The summed E-state index contributed by atoms with van der Waals surface area (Å²) in [6.07, 6.45) is 0.942. The highest BCUT2D eigenvalue weighted by Gasteiger charge is 2.10. The summed E-state index contributed by atoms with van der Waals surface area (Å²) in [5.74, 6) is 0.607. The number of carbonyl (C=O) groups is 1. The van der Waals surface area contributed by atoms with Crippen molar-refractivity contribution >= 4 is 34.2 Å². The monoisotopic (exact) mass is 409 g/mol. The van der Waals surface area contributed by atoms with Gasteiger partial charge in [-0.05, 0) is 84.3 Å². The summed E-state index contributed by atoms with van der Waals surface area (Å²) < 4.78 is 6.77. The van der Waals surface area contributed by atoms with Crippen LogP contribution in [0.2, 0.25) is 0 Å². The van der Waals surface area contributed by atoms with Gasteiger partial charge in [-0.1, -0.05) is 13.0 Å². The quantitative estimate of drug-likeness (QED) is 0.710. The first kappa shape index (κ1) is 16.8. The molecule has 2 aromatic rings. The van der Waals surface area contributed by atoms with Crippen LogP contribution in [-0.2, 0) is 0 Å². The standard InChI is InChI=1S/C18H20INO2/c1-4-8-22-15-7-5-6-14(11-15)18(21)20-17-10-12(2)16(19)9-13(17)3/h5-7,9-11H,4,8H2,1-3H3,(H,20,21). The van der Waals surface area contributed by atoms with Crippen molar-refractivity contribution in [3.05, 3.63) is 56.7 Å². The van der Waals surface area contributed by atoms with Crippen LogP contribution in [0.25, 0.3) is 0 Å². The molecule has 1 N–H and O–H groups in total. The molecule has 0 aliphatic rings. The lowest BCUT2D eigenvalue weighted by atomic mass is 10.1. The molecule has 0 unspecified atom stereocenters. The zero-order valence-corrected chi connectivity index (χ0v) is 15.2. The molecule has 0 aliphatic heterocycles. The topological polar surface area (TPSA) is 38.3 Å². The van der Waals surface area contributed by atoms with E-state index in [0.29, 0.717) is 12.2 Å². The van der Waals surface area contributed by atoms with E-state index in [1.807, 2.05) is 32.0 Å². The van der Waals surface area contributed by atoms with E-state index in [9.17, 15) is 4.79 Å². The summed E-state index contributed by atoms with van der Waals surface area (Å²) in [7, 11) is 0. The summed E-state index contributed by atoms with van der Waals surface area (Å²) in [5, 5.41) is 2.98. The number of carbonyl (C=O) groups excluding carboxylic acids is 1. The molecular weight excluding hydrogens is 389 g/mol. The smallest absolute Gasteiger partial charge is 0.255 e. The number of benzene rings is 2. The number of rotatable bonds is 5. The average molecular weight is 409 g/mol. The van der Waals surface area contributed by atoms with E-state index in [1.165, 1.54) is 3.57 Å². The van der Waals surface area contributed by atoms with Crippen molar-refractivity contribution in [3.63, 3.8) is 0 Å². The van der Waals surface area contributed by atoms with Crippen LogP contribution in [0.4, 0.5) is 5.69 Å². The first-order valence-corrected chi connectivity index (χ1v) is 8.40. The van der Waals surface area contributed by atoms with E-state index in [1.54, 1.807) is 12.1 Å². The second kappa shape index (κ2) is 7.63. The second-order valence-electron chi connectivity index (χ2n) is 5.25. The molecule has 2 aromatic carbocycles. The molecule has 0 radical (unpaired) electrons. The summed E-state index contributed by atoms with van der Waals surface area (Å²) >= 11 is 2.30. The number of hydrogen-bond donors (Lipinski definition) is 1. The van der Waals surface area contributed by atoms with Crippen LogP contribution in [-0.4, -0.2) is 12.5 Å². The van der Waals surface area contributed by atoms with Crippen LogP contribution in [0.3, 0.4) is 0 Å². The Bertz CT molecular complexity index is 683. The molecule has 0 fully saturated rings. The lowest BCUT2D eigenvalue weighted by molar-refractivity contribution is 0.102. The summed E-state index contributed by atoms with van der Waals surface area (Å²) in [5.41, 5.74) is 3.66. The lowest BCUT2D eigenvalue weighted by Gasteiger charge is -2.12. The molecule has 0 aromatic heterocycles. The predicted molar refractivity (Wildman–Crippen MR) is 98.8 cm³/mol. The van der Waals surface area contributed by atoms with Gasteiger partial charge in [0, 0.05) is 14.8 Å². The molecule has 2 rings (SSSR count). The number of halogens is 1. The Balaban J connectivity index is 2.17. The predicted octanol–water partition coefficient (Wildman–Crippen LogP) is 4.95. The van der Waals surface area contributed by atoms with Crippen LogP contribution in [0.1, 0.15) is 34.8 Å². The molecule has 22 heavy (non-hydrogen) atoms. The minimum absolute atomic E-state index is 0.120. The highest BCUT2D eigenvalue weighted by molar-refractivity contribution is 14.1. The van der Waals surface area contributed by atoms with Gasteiger partial charge in [0.05, 0.1) is 6.61 Å². The van der Waals surface area contributed by atoms with Crippen LogP contribution in [0.5, 0.6) is 5.75 Å². The first-order chi connectivity index (χ1) is 10.5. The molecule has 0 saturated heterocycles. The average Bonchev–Trinajstić information content (AvgIpc) is 2.50. The van der Waals surface area contributed by atoms with Gasteiger partial charge in [-0.2, -0.15) is 0 Å². The zero-order valence-electron chi connectivity index (χ0n) is 13.1. The lowest BCUT2D eigenvalue weighted by Crippen LogP contribution is -2.13. The minimum atomic E-state index is -0.120. The fourth-order valence-electron chi connectivity index (χ4n) is 2.06. The number of amides is 1. The molecule has 116 valence electrons. The van der Waals surface area contributed by atoms with Crippen LogP contribution < -0.4 is 10.1 Å². The maximum absolute atomic E-state index is 12.4. The van der Waals surface area contributed by atoms with E-state index in [-0.39, 0.29) is 5.91 Å². The highest BCUT2D eigenvalue weighted by Crippen LogP contribution is 2.23. The molecule has 0 bridgehead atoms. The Morgan fingerprint density at radius 3 is 2.68 bits per heavy atom. The fourth-order valence-corrected chi connectivity index (χ4v) is 2.68. The number of ether oxygens (including phenoxy) is 1. The third kappa shape index (κ3) is 4.22. The minimum Gasteiger partial charge on any atom is -0.494 e. The third-order valence-electron chi connectivity index (χ3n) is 3.32. The largest absolute Gasteiger partial charge is 0.494 e. The molecule has 3 nitrogen and oxygen atoms in total. The van der Waals surface area contributed by atoms with E-state index in [4.69, 9.17) is 4.74 Å². The summed E-state index contributed by atoms with van der Waals surface area (Å²) in [6, 6.07) is 11.4. The number of anilines is 1. The highest BCUT2D eigenvalue weighted by atomic mass is 127. The van der Waals surface area contributed by atoms with Crippen molar-refractivity contribution < 1.29 is 9.53 Å². The molecule has 0 atom stereocenters. The Hall–Kier alpha value is -1.56. The van der Waals surface area contributed by atoms with Crippen molar-refractivity contribution in [1.82, 2.24) is 0 Å². The van der Waals surface area contributed by atoms with Crippen LogP contribution in [0, 0.1) is 17.4 Å². The molecule has 1 amide bonds. The van der Waals surface area contributed by atoms with Crippen molar-refractivity contribution in [1.29, 1.82) is 0 Å². The molecule has 0 aliphatic carbocycles. The van der Waals surface area contributed by atoms with E-state index >= 15 is 0 Å². The SMILES string of the molecule is CCCOc1cccc(C(=O)Nc2cc(C)c(I)cc2C)c1. The van der Waals surface area contributed by atoms with Crippen molar-refractivity contribution in [2.45, 2.75) is 27.2 Å². The molecule has 0 saturated carbocycles. The Labute approximate surface area is 145 Å². The van der Waals surface area contributed by atoms with E-state index < -0.39 is 0 Å². The first-order valence-electron chi connectivity index (χ1n) is 7.32. The Kier molecular flexibility index (Phi) is 5.83. The van der Waals surface area contributed by atoms with Gasteiger partial charge in [-0.3, -0.25) is 4.79 Å². The fraction of sp³-hybridized carbons (Fsp3) is 0.278. The van der Waals surface area contributed by atoms with Gasteiger partial charge in [0.25, 0.3) is 5.91 Å². The third-order valence-corrected chi connectivity index (χ3v) is 4.49.